The lowest BCUT2D eigenvalue weighted by atomic mass is 10.0. The summed E-state index contributed by atoms with van der Waals surface area (Å²) < 4.78 is 0. The molecule has 1 aromatic rings. The lowest BCUT2D eigenvalue weighted by molar-refractivity contribution is -0.123. The lowest BCUT2D eigenvalue weighted by Crippen LogP contribution is -2.60. The molecular formula is C15H22N2O2. The number of carbonyl (C=O) groups is 1. The number of nitrogens with one attached hydrogen (secondary N) is 1. The van der Waals surface area contributed by atoms with Crippen molar-refractivity contribution >= 4 is 11.6 Å². The van der Waals surface area contributed by atoms with E-state index in [1.54, 1.807) is 0 Å². The Morgan fingerprint density at radius 1 is 1.32 bits per heavy atom. The fourth-order valence-corrected chi connectivity index (χ4v) is 2.95. The molecule has 0 aromatic heterocycles. The van der Waals surface area contributed by atoms with Crippen LogP contribution in [0, 0.1) is 20.8 Å². The molecule has 2 atom stereocenters. The Morgan fingerprint density at radius 3 is 2.42 bits per heavy atom. The van der Waals surface area contributed by atoms with Gasteiger partial charge >= 0.3 is 0 Å². The smallest absolute Gasteiger partial charge is 0.246 e. The summed E-state index contributed by atoms with van der Waals surface area (Å²) in [5, 5.41) is 12.4. The van der Waals surface area contributed by atoms with Gasteiger partial charge in [0.1, 0.15) is 6.04 Å². The molecule has 104 valence electrons. The Bertz CT molecular complexity index is 476. The van der Waals surface area contributed by atoms with Gasteiger partial charge in [-0.1, -0.05) is 17.7 Å². The molecule has 1 heterocycles. The molecule has 19 heavy (non-hydrogen) atoms. The van der Waals surface area contributed by atoms with Crippen LogP contribution in [0.2, 0.25) is 0 Å². The summed E-state index contributed by atoms with van der Waals surface area (Å²) in [4.78, 5) is 14.2. The van der Waals surface area contributed by atoms with Crippen LogP contribution in [-0.2, 0) is 4.79 Å². The number of hydrogen-bond acceptors (Lipinski definition) is 3. The standard InChI is InChI=1S/C15H22N2O2/c1-9-5-10(2)14(11(3)6-9)17-7-12(4)16-13(8-18)15(17)19/h5-6,12-13,16,18H,7-8H2,1-4H3. The normalized spacial score (nSPS) is 23.8. The van der Waals surface area contributed by atoms with Gasteiger partial charge in [0.05, 0.1) is 6.61 Å². The molecule has 4 nitrogen and oxygen atoms in total. The second-order valence-corrected chi connectivity index (χ2v) is 5.50. The Morgan fingerprint density at radius 2 is 1.89 bits per heavy atom. The third-order valence-electron chi connectivity index (χ3n) is 3.59. The monoisotopic (exact) mass is 262 g/mol. The van der Waals surface area contributed by atoms with E-state index in [2.05, 4.69) is 24.4 Å². The second-order valence-electron chi connectivity index (χ2n) is 5.50. The average molecular weight is 262 g/mol. The van der Waals surface area contributed by atoms with E-state index in [4.69, 9.17) is 0 Å². The van der Waals surface area contributed by atoms with E-state index >= 15 is 0 Å². The number of piperazine rings is 1. The number of carbonyl (C=O) groups excluding carboxylic acids is 1. The molecule has 0 spiro atoms. The minimum absolute atomic E-state index is 0.0457. The van der Waals surface area contributed by atoms with Crippen LogP contribution in [0.4, 0.5) is 5.69 Å². The Labute approximate surface area is 114 Å². The summed E-state index contributed by atoms with van der Waals surface area (Å²) in [6.45, 7) is 8.62. The third kappa shape index (κ3) is 2.65. The van der Waals surface area contributed by atoms with Crippen molar-refractivity contribution < 1.29 is 9.90 Å². The van der Waals surface area contributed by atoms with Crippen molar-refractivity contribution in [2.45, 2.75) is 39.8 Å². The predicted molar refractivity (Wildman–Crippen MR) is 76.5 cm³/mol. The van der Waals surface area contributed by atoms with Gasteiger partial charge in [0.2, 0.25) is 5.91 Å². The zero-order valence-corrected chi connectivity index (χ0v) is 12.0. The average Bonchev–Trinajstić information content (AvgIpc) is 2.31. The number of rotatable bonds is 2. The van der Waals surface area contributed by atoms with Crippen LogP contribution in [0.5, 0.6) is 0 Å². The van der Waals surface area contributed by atoms with Crippen LogP contribution < -0.4 is 10.2 Å². The zero-order chi connectivity index (χ0) is 14.2. The first-order valence-corrected chi connectivity index (χ1v) is 6.70. The van der Waals surface area contributed by atoms with Gasteiger partial charge in [0.25, 0.3) is 0 Å². The van der Waals surface area contributed by atoms with Crippen molar-refractivity contribution in [1.29, 1.82) is 0 Å². The number of aliphatic hydroxyl groups excluding tert-OH is 1. The number of nitrogens with zero attached hydrogens (tertiary/aromatic N) is 1. The lowest BCUT2D eigenvalue weighted by Gasteiger charge is -2.38. The molecule has 0 bridgehead atoms. The minimum atomic E-state index is -0.496. The number of anilines is 1. The number of aryl methyl sites for hydroxylation is 3. The molecular weight excluding hydrogens is 240 g/mol. The van der Waals surface area contributed by atoms with Gasteiger partial charge in [-0.15, -0.1) is 0 Å². The maximum atomic E-state index is 12.4. The van der Waals surface area contributed by atoms with Gasteiger partial charge in [-0.2, -0.15) is 0 Å². The molecule has 2 N–H and O–H groups in total. The van der Waals surface area contributed by atoms with Gasteiger partial charge in [-0.3, -0.25) is 10.1 Å². The van der Waals surface area contributed by atoms with Crippen molar-refractivity contribution in [3.63, 3.8) is 0 Å². The van der Waals surface area contributed by atoms with Gasteiger partial charge in [0, 0.05) is 18.3 Å². The molecule has 0 radical (unpaired) electrons. The van der Waals surface area contributed by atoms with Gasteiger partial charge in [-0.25, -0.2) is 0 Å². The number of hydrogen-bond donors (Lipinski definition) is 2. The molecule has 4 heteroatoms. The largest absolute Gasteiger partial charge is 0.394 e. The highest BCUT2D eigenvalue weighted by molar-refractivity contribution is 5.99. The summed E-state index contributed by atoms with van der Waals surface area (Å²) in [5.41, 5.74) is 4.41. The van der Waals surface area contributed by atoms with E-state index in [9.17, 15) is 9.90 Å². The first kappa shape index (κ1) is 14.0. The van der Waals surface area contributed by atoms with Crippen LogP contribution >= 0.6 is 0 Å². The van der Waals surface area contributed by atoms with Crippen LogP contribution in [0.3, 0.4) is 0 Å². The van der Waals surface area contributed by atoms with Crippen molar-refractivity contribution in [3.05, 3.63) is 28.8 Å². The van der Waals surface area contributed by atoms with Gasteiger partial charge in [-0.05, 0) is 38.8 Å². The summed E-state index contributed by atoms with van der Waals surface area (Å²) in [5.74, 6) is -0.0457. The van der Waals surface area contributed by atoms with Crippen LogP contribution in [0.25, 0.3) is 0 Å². The molecule has 2 unspecified atom stereocenters. The highest BCUT2D eigenvalue weighted by atomic mass is 16.3. The number of benzene rings is 1. The highest BCUT2D eigenvalue weighted by Crippen LogP contribution is 2.28. The van der Waals surface area contributed by atoms with E-state index < -0.39 is 6.04 Å². The maximum absolute atomic E-state index is 12.4. The van der Waals surface area contributed by atoms with E-state index in [0.29, 0.717) is 6.54 Å². The minimum Gasteiger partial charge on any atom is -0.394 e. The molecule has 1 aromatic carbocycles. The van der Waals surface area contributed by atoms with Crippen molar-refractivity contribution in [2.24, 2.45) is 0 Å². The summed E-state index contributed by atoms with van der Waals surface area (Å²) >= 11 is 0. The van der Waals surface area contributed by atoms with Crippen LogP contribution in [0.1, 0.15) is 23.6 Å². The number of amides is 1. The van der Waals surface area contributed by atoms with E-state index in [1.165, 1.54) is 5.56 Å². The Balaban J connectivity index is 2.42. The topological polar surface area (TPSA) is 52.6 Å². The molecule has 0 saturated carbocycles. The molecule has 2 rings (SSSR count). The predicted octanol–water partition coefficient (Wildman–Crippen LogP) is 1.30. The van der Waals surface area contributed by atoms with Crippen molar-refractivity contribution in [3.8, 4) is 0 Å². The molecule has 1 aliphatic heterocycles. The van der Waals surface area contributed by atoms with Crippen molar-refractivity contribution in [2.75, 3.05) is 18.1 Å². The van der Waals surface area contributed by atoms with Crippen LogP contribution in [-0.4, -0.2) is 36.2 Å². The van der Waals surface area contributed by atoms with Gasteiger partial charge in [0.15, 0.2) is 0 Å². The second kappa shape index (κ2) is 5.31. The molecule has 1 aliphatic rings. The van der Waals surface area contributed by atoms with E-state index in [1.807, 2.05) is 25.7 Å². The molecule has 1 fully saturated rings. The Hall–Kier alpha value is -1.39. The quantitative estimate of drug-likeness (QED) is 0.844. The fourth-order valence-electron chi connectivity index (χ4n) is 2.95. The molecule has 1 saturated heterocycles. The Kier molecular flexibility index (Phi) is 3.92. The highest BCUT2D eigenvalue weighted by Gasteiger charge is 2.33. The fraction of sp³-hybridized carbons (Fsp3) is 0.533. The maximum Gasteiger partial charge on any atom is 0.246 e. The summed E-state index contributed by atoms with van der Waals surface area (Å²) in [7, 11) is 0. The van der Waals surface area contributed by atoms with E-state index in [0.717, 1.165) is 16.8 Å². The van der Waals surface area contributed by atoms with Crippen LogP contribution in [0.15, 0.2) is 12.1 Å². The summed E-state index contributed by atoms with van der Waals surface area (Å²) in [6.07, 6.45) is 0. The van der Waals surface area contributed by atoms with E-state index in [-0.39, 0.29) is 18.6 Å². The summed E-state index contributed by atoms with van der Waals surface area (Å²) in [6, 6.07) is 3.87. The molecule has 1 amide bonds. The van der Waals surface area contributed by atoms with Gasteiger partial charge < -0.3 is 10.0 Å². The van der Waals surface area contributed by atoms with Crippen molar-refractivity contribution in [1.82, 2.24) is 5.32 Å². The molecule has 0 aliphatic carbocycles. The number of aliphatic hydroxyl groups is 1. The zero-order valence-electron chi connectivity index (χ0n) is 12.0. The first-order valence-electron chi connectivity index (χ1n) is 6.70. The third-order valence-corrected chi connectivity index (χ3v) is 3.59. The SMILES string of the molecule is Cc1cc(C)c(N2CC(C)NC(CO)C2=O)c(C)c1. The first-order chi connectivity index (χ1) is 8.93.